The highest BCUT2D eigenvalue weighted by Crippen LogP contribution is 2.22. The van der Waals surface area contributed by atoms with Gasteiger partial charge in [-0.15, -0.1) is 11.3 Å². The number of nitrogens with one attached hydrogen (secondary N) is 1. The first-order chi connectivity index (χ1) is 12.5. The van der Waals surface area contributed by atoms with Gasteiger partial charge in [0.05, 0.1) is 12.7 Å². The molecular weight excluding hydrogens is 348 g/mol. The summed E-state index contributed by atoms with van der Waals surface area (Å²) in [7, 11) is 0. The Labute approximate surface area is 158 Å². The normalized spacial score (nSPS) is 18.0. The van der Waals surface area contributed by atoms with Crippen molar-refractivity contribution in [1.82, 2.24) is 14.9 Å². The molecule has 0 bridgehead atoms. The highest BCUT2D eigenvalue weighted by atomic mass is 32.1. The van der Waals surface area contributed by atoms with Gasteiger partial charge in [0.15, 0.2) is 5.13 Å². The molecule has 1 fully saturated rings. The summed E-state index contributed by atoms with van der Waals surface area (Å²) >= 11 is 1.54. The fourth-order valence-corrected chi connectivity index (χ4v) is 4.22. The zero-order valence-corrected chi connectivity index (χ0v) is 16.4. The molecule has 7 heteroatoms. The van der Waals surface area contributed by atoms with Crippen molar-refractivity contribution in [3.8, 4) is 0 Å². The molecule has 0 aliphatic carbocycles. The van der Waals surface area contributed by atoms with Crippen molar-refractivity contribution >= 4 is 22.4 Å². The maximum atomic E-state index is 11.1. The zero-order valence-electron chi connectivity index (χ0n) is 15.6. The molecule has 0 aromatic carbocycles. The number of anilines is 1. The van der Waals surface area contributed by atoms with E-state index in [2.05, 4.69) is 32.3 Å². The summed E-state index contributed by atoms with van der Waals surface area (Å²) in [5, 5.41) is 3.41. The molecule has 1 saturated heterocycles. The molecule has 1 amide bonds. The highest BCUT2D eigenvalue weighted by molar-refractivity contribution is 7.15. The van der Waals surface area contributed by atoms with Crippen molar-refractivity contribution in [1.29, 1.82) is 0 Å². The van der Waals surface area contributed by atoms with Crippen LogP contribution in [-0.4, -0.2) is 40.0 Å². The van der Waals surface area contributed by atoms with E-state index in [0.717, 1.165) is 48.7 Å². The van der Waals surface area contributed by atoms with E-state index in [1.54, 1.807) is 0 Å². The molecule has 26 heavy (non-hydrogen) atoms. The number of hydrogen-bond acceptors (Lipinski definition) is 6. The van der Waals surface area contributed by atoms with Crippen molar-refractivity contribution in [2.75, 3.05) is 18.4 Å². The summed E-state index contributed by atoms with van der Waals surface area (Å²) in [4.78, 5) is 23.3. The zero-order chi connectivity index (χ0) is 18.5. The molecule has 1 atom stereocenters. The van der Waals surface area contributed by atoms with Crippen LogP contribution in [0.15, 0.2) is 18.3 Å². The number of likely N-dealkylation sites (tertiary alicyclic amines) is 1. The summed E-state index contributed by atoms with van der Waals surface area (Å²) in [6.45, 7) is 9.02. The van der Waals surface area contributed by atoms with Crippen LogP contribution >= 0.6 is 11.3 Å². The number of piperidine rings is 1. The number of hydrogen-bond donors (Lipinski definition) is 1. The van der Waals surface area contributed by atoms with Gasteiger partial charge in [-0.1, -0.05) is 0 Å². The quantitative estimate of drug-likeness (QED) is 0.840. The summed E-state index contributed by atoms with van der Waals surface area (Å²) in [6, 6.07) is 4.18. The van der Waals surface area contributed by atoms with E-state index in [1.807, 2.05) is 20.0 Å². The smallest absolute Gasteiger partial charge is 0.223 e. The van der Waals surface area contributed by atoms with Gasteiger partial charge in [0.25, 0.3) is 0 Å². The fourth-order valence-electron chi connectivity index (χ4n) is 3.32. The number of carbonyl (C=O) groups excluding carboxylic acids is 1. The Bertz CT molecular complexity index is 741. The van der Waals surface area contributed by atoms with E-state index >= 15 is 0 Å². The first kappa shape index (κ1) is 18.9. The minimum absolute atomic E-state index is 0.0843. The van der Waals surface area contributed by atoms with Crippen molar-refractivity contribution in [2.45, 2.75) is 52.9 Å². The molecule has 0 spiro atoms. The Balaban J connectivity index is 1.50. The average Bonchev–Trinajstić information content (AvgIpc) is 2.98. The lowest BCUT2D eigenvalue weighted by molar-refractivity contribution is -0.114. The van der Waals surface area contributed by atoms with Gasteiger partial charge in [-0.2, -0.15) is 0 Å². The maximum Gasteiger partial charge on any atom is 0.223 e. The molecule has 3 rings (SSSR count). The van der Waals surface area contributed by atoms with Gasteiger partial charge in [0.2, 0.25) is 5.91 Å². The number of pyridine rings is 1. The first-order valence-electron chi connectivity index (χ1n) is 8.98. The molecule has 1 aliphatic heterocycles. The van der Waals surface area contributed by atoms with Crippen LogP contribution in [-0.2, 0) is 22.7 Å². The molecule has 2 aromatic heterocycles. The standard InChI is InChI=1S/C19H26N4O2S/c1-13-7-16(8-14(2)21-13)12-25-17-5-4-6-23(10-17)11-18-9-20-19(26-18)22-15(3)24/h7-9,17H,4-6,10-12H2,1-3H3,(H,20,22,24). The predicted molar refractivity (Wildman–Crippen MR) is 103 cm³/mol. The number of rotatable bonds is 6. The maximum absolute atomic E-state index is 11.1. The summed E-state index contributed by atoms with van der Waals surface area (Å²) in [5.74, 6) is -0.0843. The van der Waals surface area contributed by atoms with Gasteiger partial charge >= 0.3 is 0 Å². The Morgan fingerprint density at radius 3 is 2.88 bits per heavy atom. The van der Waals surface area contributed by atoms with Crippen LogP contribution in [0.5, 0.6) is 0 Å². The third-order valence-electron chi connectivity index (χ3n) is 4.31. The van der Waals surface area contributed by atoms with Gasteiger partial charge in [-0.3, -0.25) is 14.7 Å². The lowest BCUT2D eigenvalue weighted by Gasteiger charge is -2.32. The molecule has 1 unspecified atom stereocenters. The highest BCUT2D eigenvalue weighted by Gasteiger charge is 2.21. The average molecular weight is 375 g/mol. The number of amides is 1. The predicted octanol–water partition coefficient (Wildman–Crippen LogP) is 3.29. The number of aromatic nitrogens is 2. The first-order valence-corrected chi connectivity index (χ1v) is 9.80. The Morgan fingerprint density at radius 1 is 1.38 bits per heavy atom. The Hall–Kier alpha value is -1.83. The summed E-state index contributed by atoms with van der Waals surface area (Å²) < 4.78 is 6.17. The summed E-state index contributed by atoms with van der Waals surface area (Å²) in [6.07, 6.45) is 4.33. The van der Waals surface area contributed by atoms with Gasteiger partial charge in [0.1, 0.15) is 0 Å². The van der Waals surface area contributed by atoms with Crippen LogP contribution in [0.2, 0.25) is 0 Å². The third-order valence-corrected chi connectivity index (χ3v) is 5.20. The second-order valence-electron chi connectivity index (χ2n) is 6.88. The van der Waals surface area contributed by atoms with Crippen molar-refractivity contribution in [3.05, 3.63) is 40.2 Å². The van der Waals surface area contributed by atoms with E-state index in [4.69, 9.17) is 4.74 Å². The van der Waals surface area contributed by atoms with Gasteiger partial charge < -0.3 is 10.1 Å². The molecule has 1 N–H and O–H groups in total. The van der Waals surface area contributed by atoms with Crippen LogP contribution in [0.3, 0.4) is 0 Å². The lowest BCUT2D eigenvalue weighted by atomic mass is 10.1. The number of thiazole rings is 1. The number of ether oxygens (including phenoxy) is 1. The minimum atomic E-state index is -0.0843. The van der Waals surface area contributed by atoms with Crippen LogP contribution in [0.25, 0.3) is 0 Å². The fraction of sp³-hybridized carbons (Fsp3) is 0.526. The molecule has 2 aromatic rings. The van der Waals surface area contributed by atoms with E-state index in [0.29, 0.717) is 11.7 Å². The van der Waals surface area contributed by atoms with Gasteiger partial charge in [0, 0.05) is 42.5 Å². The van der Waals surface area contributed by atoms with Crippen molar-refractivity contribution < 1.29 is 9.53 Å². The third kappa shape index (κ3) is 5.59. The van der Waals surface area contributed by atoms with E-state index in [9.17, 15) is 4.79 Å². The molecule has 140 valence electrons. The van der Waals surface area contributed by atoms with Crippen molar-refractivity contribution in [3.63, 3.8) is 0 Å². The van der Waals surface area contributed by atoms with E-state index in [-0.39, 0.29) is 12.0 Å². The number of nitrogens with zero attached hydrogens (tertiary/aromatic N) is 3. The minimum Gasteiger partial charge on any atom is -0.372 e. The SMILES string of the molecule is CC(=O)Nc1ncc(CN2CCCC(OCc3cc(C)nc(C)c3)C2)s1. The van der Waals surface area contributed by atoms with Crippen LogP contribution in [0.4, 0.5) is 5.13 Å². The Kier molecular flexibility index (Phi) is 6.34. The molecule has 1 aliphatic rings. The van der Waals surface area contributed by atoms with Gasteiger partial charge in [-0.25, -0.2) is 4.98 Å². The molecule has 3 heterocycles. The number of carbonyl (C=O) groups is 1. The van der Waals surface area contributed by atoms with Gasteiger partial charge in [-0.05, 0) is 50.9 Å². The second-order valence-corrected chi connectivity index (χ2v) is 8.00. The number of aryl methyl sites for hydroxylation is 2. The van der Waals surface area contributed by atoms with E-state index < -0.39 is 0 Å². The van der Waals surface area contributed by atoms with Crippen LogP contribution < -0.4 is 5.32 Å². The topological polar surface area (TPSA) is 67.4 Å². The monoisotopic (exact) mass is 374 g/mol. The molecular formula is C19H26N4O2S. The second kappa shape index (κ2) is 8.70. The molecule has 0 radical (unpaired) electrons. The van der Waals surface area contributed by atoms with Crippen LogP contribution in [0, 0.1) is 13.8 Å². The lowest BCUT2D eigenvalue weighted by Crippen LogP contribution is -2.38. The van der Waals surface area contributed by atoms with E-state index in [1.165, 1.54) is 23.8 Å². The summed E-state index contributed by atoms with van der Waals surface area (Å²) in [5.41, 5.74) is 3.26. The van der Waals surface area contributed by atoms with Crippen LogP contribution in [0.1, 0.15) is 41.6 Å². The Morgan fingerprint density at radius 2 is 2.15 bits per heavy atom. The largest absolute Gasteiger partial charge is 0.372 e. The molecule has 6 nitrogen and oxygen atoms in total. The molecule has 0 saturated carbocycles. The van der Waals surface area contributed by atoms with Crippen molar-refractivity contribution in [2.24, 2.45) is 0 Å².